The predicted molar refractivity (Wildman–Crippen MR) is 58.6 cm³/mol. The zero-order valence-corrected chi connectivity index (χ0v) is 8.51. The minimum atomic E-state index is 1.20. The minimum Gasteiger partial charge on any atom is -0.0616 e. The molecule has 0 heterocycles. The maximum Gasteiger partial charge on any atom is 0.0260 e. The van der Waals surface area contributed by atoms with E-state index in [2.05, 4.69) is 58.4 Å². The van der Waals surface area contributed by atoms with Gasteiger partial charge in [0.05, 0.1) is 0 Å². The van der Waals surface area contributed by atoms with Crippen molar-refractivity contribution >= 4 is 15.9 Å². The van der Waals surface area contributed by atoms with Crippen molar-refractivity contribution in [2.45, 2.75) is 0 Å². The number of halogens is 1. The molecule has 0 atom stereocenters. The van der Waals surface area contributed by atoms with Crippen LogP contribution < -0.4 is 0 Å². The molecule has 0 radical (unpaired) electrons. The van der Waals surface area contributed by atoms with Crippen LogP contribution in [-0.4, -0.2) is 0 Å². The summed E-state index contributed by atoms with van der Waals surface area (Å²) in [5, 5.41) is 0. The number of benzene rings is 2. The molecule has 0 aromatic heterocycles. The maximum atomic E-state index is 3.57. The fraction of sp³-hybridized carbons (Fsp3) is 0. The lowest BCUT2D eigenvalue weighted by atomic mass is 9.81. The molecule has 0 unspecified atom stereocenters. The van der Waals surface area contributed by atoms with Gasteiger partial charge in [-0.3, -0.25) is 0 Å². The van der Waals surface area contributed by atoms with Crippen molar-refractivity contribution in [3.05, 3.63) is 46.9 Å². The summed E-state index contributed by atoms with van der Waals surface area (Å²) in [5.41, 5.74) is 5.46. The second kappa shape index (κ2) is 2.46. The van der Waals surface area contributed by atoms with Crippen LogP contribution in [0, 0.1) is 0 Å². The fourth-order valence-electron chi connectivity index (χ4n) is 1.90. The zero-order chi connectivity index (χ0) is 8.84. The first kappa shape index (κ1) is 7.34. The Hall–Kier alpha value is -1.08. The average Bonchev–Trinajstić information content (AvgIpc) is 2.14. The summed E-state index contributed by atoms with van der Waals surface area (Å²) >= 11 is 3.57. The van der Waals surface area contributed by atoms with Gasteiger partial charge in [-0.15, -0.1) is 0 Å². The summed E-state index contributed by atoms with van der Waals surface area (Å²) in [7, 11) is 0. The van der Waals surface area contributed by atoms with E-state index in [0.717, 1.165) is 0 Å². The third kappa shape index (κ3) is 0.853. The molecule has 13 heavy (non-hydrogen) atoms. The van der Waals surface area contributed by atoms with Crippen LogP contribution in [0.3, 0.4) is 0 Å². The molecule has 0 spiro atoms. The number of hydrogen-bond donors (Lipinski definition) is 0. The first-order valence-electron chi connectivity index (χ1n) is 4.26. The summed E-state index contributed by atoms with van der Waals surface area (Å²) in [6, 6.07) is 14.9. The Labute approximate surface area is 85.4 Å². The van der Waals surface area contributed by atoms with E-state index in [4.69, 9.17) is 0 Å². The Morgan fingerprint density at radius 3 is 2.23 bits per heavy atom. The average molecular weight is 231 g/mol. The fourth-order valence-corrected chi connectivity index (χ4v) is 2.48. The van der Waals surface area contributed by atoms with Gasteiger partial charge in [0.1, 0.15) is 0 Å². The monoisotopic (exact) mass is 230 g/mol. The van der Waals surface area contributed by atoms with E-state index in [1.54, 1.807) is 0 Å². The molecular weight excluding hydrogens is 224 g/mol. The van der Waals surface area contributed by atoms with Gasteiger partial charge < -0.3 is 0 Å². The van der Waals surface area contributed by atoms with Gasteiger partial charge in [-0.1, -0.05) is 52.3 Å². The van der Waals surface area contributed by atoms with Crippen molar-refractivity contribution in [2.24, 2.45) is 0 Å². The van der Waals surface area contributed by atoms with E-state index in [1.165, 1.54) is 26.7 Å². The molecule has 1 heteroatoms. The summed E-state index contributed by atoms with van der Waals surface area (Å²) in [6.07, 6.45) is 0. The first-order valence-corrected chi connectivity index (χ1v) is 5.05. The molecular formula is C12H7Br. The highest BCUT2D eigenvalue weighted by Crippen LogP contribution is 2.49. The van der Waals surface area contributed by atoms with Gasteiger partial charge in [0.25, 0.3) is 0 Å². The van der Waals surface area contributed by atoms with Gasteiger partial charge in [0.15, 0.2) is 0 Å². The van der Waals surface area contributed by atoms with Gasteiger partial charge in [-0.2, -0.15) is 0 Å². The molecule has 3 rings (SSSR count). The SMILES string of the molecule is Brc1cccc2c1-c1ccccc1-2. The molecule has 0 fully saturated rings. The summed E-state index contributed by atoms with van der Waals surface area (Å²) in [6.45, 7) is 0. The Morgan fingerprint density at radius 1 is 0.692 bits per heavy atom. The molecule has 1 aliphatic carbocycles. The highest BCUT2D eigenvalue weighted by atomic mass is 79.9. The van der Waals surface area contributed by atoms with Crippen molar-refractivity contribution in [1.82, 2.24) is 0 Å². The predicted octanol–water partition coefficient (Wildman–Crippen LogP) is 4.10. The normalized spacial score (nSPS) is 11.5. The smallest absolute Gasteiger partial charge is 0.0260 e. The van der Waals surface area contributed by atoms with Crippen LogP contribution in [0.1, 0.15) is 0 Å². The van der Waals surface area contributed by atoms with Gasteiger partial charge in [-0.05, 0) is 22.8 Å². The van der Waals surface area contributed by atoms with Crippen LogP contribution in [0.2, 0.25) is 0 Å². The van der Waals surface area contributed by atoms with Crippen LogP contribution in [0.15, 0.2) is 46.9 Å². The summed E-state index contributed by atoms with van der Waals surface area (Å²) < 4.78 is 1.20. The minimum absolute atomic E-state index is 1.20. The Morgan fingerprint density at radius 2 is 1.38 bits per heavy atom. The van der Waals surface area contributed by atoms with E-state index in [9.17, 15) is 0 Å². The second-order valence-corrected chi connectivity index (χ2v) is 4.06. The van der Waals surface area contributed by atoms with Crippen molar-refractivity contribution < 1.29 is 0 Å². The number of hydrogen-bond acceptors (Lipinski definition) is 0. The molecule has 0 saturated carbocycles. The summed E-state index contributed by atoms with van der Waals surface area (Å²) in [4.78, 5) is 0. The van der Waals surface area contributed by atoms with E-state index >= 15 is 0 Å². The number of fused-ring (bicyclic) bond motifs is 4. The van der Waals surface area contributed by atoms with Gasteiger partial charge in [-0.25, -0.2) is 0 Å². The highest BCUT2D eigenvalue weighted by molar-refractivity contribution is 9.10. The Bertz CT molecular complexity index is 486. The lowest BCUT2D eigenvalue weighted by Crippen LogP contribution is -1.98. The van der Waals surface area contributed by atoms with Crippen molar-refractivity contribution in [2.75, 3.05) is 0 Å². The lowest BCUT2D eigenvalue weighted by molar-refractivity contribution is 1.49. The van der Waals surface area contributed by atoms with Crippen LogP contribution in [-0.2, 0) is 0 Å². The molecule has 0 aliphatic heterocycles. The maximum absolute atomic E-state index is 3.57. The van der Waals surface area contributed by atoms with Crippen LogP contribution in [0.4, 0.5) is 0 Å². The van der Waals surface area contributed by atoms with E-state index in [1.807, 2.05) is 0 Å². The molecule has 0 N–H and O–H groups in total. The highest BCUT2D eigenvalue weighted by Gasteiger charge is 2.22. The molecule has 0 saturated heterocycles. The summed E-state index contributed by atoms with van der Waals surface area (Å²) in [5.74, 6) is 0. The third-order valence-electron chi connectivity index (χ3n) is 2.50. The van der Waals surface area contributed by atoms with Crippen molar-refractivity contribution in [1.29, 1.82) is 0 Å². The Balaban J connectivity index is 2.35. The van der Waals surface area contributed by atoms with Crippen LogP contribution >= 0.6 is 15.9 Å². The largest absolute Gasteiger partial charge is 0.0616 e. The quantitative estimate of drug-likeness (QED) is 0.546. The van der Waals surface area contributed by atoms with Crippen LogP contribution in [0.5, 0.6) is 0 Å². The Kier molecular flexibility index (Phi) is 1.39. The van der Waals surface area contributed by atoms with E-state index in [-0.39, 0.29) is 0 Å². The van der Waals surface area contributed by atoms with E-state index in [0.29, 0.717) is 0 Å². The first-order chi connectivity index (χ1) is 6.38. The molecule has 62 valence electrons. The molecule has 1 aliphatic rings. The molecule has 2 aromatic rings. The molecule has 0 nitrogen and oxygen atoms in total. The molecule has 0 bridgehead atoms. The van der Waals surface area contributed by atoms with Gasteiger partial charge >= 0.3 is 0 Å². The van der Waals surface area contributed by atoms with Gasteiger partial charge in [0.2, 0.25) is 0 Å². The molecule has 2 aromatic carbocycles. The number of rotatable bonds is 0. The van der Waals surface area contributed by atoms with Gasteiger partial charge in [0, 0.05) is 10.0 Å². The van der Waals surface area contributed by atoms with Crippen molar-refractivity contribution in [3.63, 3.8) is 0 Å². The second-order valence-electron chi connectivity index (χ2n) is 3.21. The van der Waals surface area contributed by atoms with E-state index < -0.39 is 0 Å². The lowest BCUT2D eigenvalue weighted by Gasteiger charge is -2.24. The molecule has 0 amide bonds. The zero-order valence-electron chi connectivity index (χ0n) is 6.92. The topological polar surface area (TPSA) is 0 Å². The van der Waals surface area contributed by atoms with Crippen molar-refractivity contribution in [3.8, 4) is 22.3 Å². The van der Waals surface area contributed by atoms with Crippen LogP contribution in [0.25, 0.3) is 22.3 Å². The standard InChI is InChI=1S/C12H7Br/c13-11-7-3-6-10-8-4-1-2-5-9(8)12(10)11/h1-7H. The third-order valence-corrected chi connectivity index (χ3v) is 3.16.